The van der Waals surface area contributed by atoms with Crippen LogP contribution in [-0.2, 0) is 9.84 Å². The van der Waals surface area contributed by atoms with Crippen molar-refractivity contribution in [3.05, 3.63) is 29.8 Å². The molecule has 0 saturated heterocycles. The van der Waals surface area contributed by atoms with E-state index >= 15 is 0 Å². The quantitative estimate of drug-likeness (QED) is 0.652. The molecule has 1 unspecified atom stereocenters. The van der Waals surface area contributed by atoms with Gasteiger partial charge in [-0.15, -0.1) is 11.6 Å². The molecule has 0 N–H and O–H groups in total. The minimum atomic E-state index is -3.35. The molecule has 2 rings (SSSR count). The maximum atomic E-state index is 11.8. The topological polar surface area (TPSA) is 51.2 Å². The predicted octanol–water partition coefficient (Wildman–Crippen LogP) is 1.65. The summed E-state index contributed by atoms with van der Waals surface area (Å²) in [5.41, 5.74) is 0.218. The van der Waals surface area contributed by atoms with Gasteiger partial charge in [-0.2, -0.15) is 0 Å². The Morgan fingerprint density at radius 3 is 2.67 bits per heavy atom. The van der Waals surface area contributed by atoms with E-state index in [1.54, 1.807) is 12.1 Å². The molecular formula is C10H9ClO3S. The number of rotatable bonds is 0. The number of hydrogen-bond acceptors (Lipinski definition) is 3. The minimum Gasteiger partial charge on any atom is -0.292 e. The Kier molecular flexibility index (Phi) is 2.56. The average Bonchev–Trinajstić information content (AvgIpc) is 2.31. The molecule has 1 aliphatic rings. The van der Waals surface area contributed by atoms with E-state index in [9.17, 15) is 13.2 Å². The van der Waals surface area contributed by atoms with Crippen molar-refractivity contribution in [1.29, 1.82) is 0 Å². The summed E-state index contributed by atoms with van der Waals surface area (Å²) >= 11 is 5.81. The van der Waals surface area contributed by atoms with Gasteiger partial charge in [0.25, 0.3) is 0 Å². The van der Waals surface area contributed by atoms with E-state index < -0.39 is 15.2 Å². The Morgan fingerprint density at radius 2 is 1.93 bits per heavy atom. The molecule has 1 atom stereocenters. The number of alkyl halides is 1. The normalized spacial score (nSPS) is 24.3. The summed E-state index contributed by atoms with van der Waals surface area (Å²) < 4.78 is 23.5. The highest BCUT2D eigenvalue weighted by molar-refractivity contribution is 7.91. The fourth-order valence-electron chi connectivity index (χ4n) is 1.61. The van der Waals surface area contributed by atoms with Crippen molar-refractivity contribution < 1.29 is 13.2 Å². The number of carbonyl (C=O) groups is 1. The second kappa shape index (κ2) is 3.61. The lowest BCUT2D eigenvalue weighted by Gasteiger charge is -2.04. The van der Waals surface area contributed by atoms with Crippen LogP contribution in [0.4, 0.5) is 0 Å². The van der Waals surface area contributed by atoms with Gasteiger partial charge < -0.3 is 0 Å². The van der Waals surface area contributed by atoms with Crippen LogP contribution in [0.5, 0.6) is 0 Å². The first-order valence-electron chi connectivity index (χ1n) is 4.52. The first kappa shape index (κ1) is 10.6. The minimum absolute atomic E-state index is 0.0656. The van der Waals surface area contributed by atoms with Gasteiger partial charge in [0, 0.05) is 5.56 Å². The molecule has 15 heavy (non-hydrogen) atoms. The number of ketones is 1. The number of fused-ring (bicyclic) bond motifs is 1. The summed E-state index contributed by atoms with van der Waals surface area (Å²) in [5.74, 6) is -0.363. The van der Waals surface area contributed by atoms with Crippen molar-refractivity contribution in [2.24, 2.45) is 0 Å². The van der Waals surface area contributed by atoms with Crippen LogP contribution in [0.15, 0.2) is 29.2 Å². The fraction of sp³-hybridized carbons (Fsp3) is 0.300. The molecule has 5 heteroatoms. The molecular weight excluding hydrogens is 236 g/mol. The van der Waals surface area contributed by atoms with E-state index in [1.165, 1.54) is 12.1 Å². The molecule has 0 saturated carbocycles. The SMILES string of the molecule is O=C1c2ccccc2S(=O)(=O)CCC1Cl. The number of hydrogen-bond donors (Lipinski definition) is 0. The Morgan fingerprint density at radius 1 is 1.27 bits per heavy atom. The summed E-state index contributed by atoms with van der Waals surface area (Å²) in [6.45, 7) is 0. The van der Waals surface area contributed by atoms with Crippen LogP contribution in [0, 0.1) is 0 Å². The first-order valence-corrected chi connectivity index (χ1v) is 6.61. The second-order valence-corrected chi connectivity index (χ2v) is 6.04. The van der Waals surface area contributed by atoms with Gasteiger partial charge in [0.1, 0.15) is 0 Å². The van der Waals surface area contributed by atoms with Gasteiger partial charge in [-0.3, -0.25) is 4.79 Å². The zero-order chi connectivity index (χ0) is 11.1. The van der Waals surface area contributed by atoms with Gasteiger partial charge in [-0.05, 0) is 12.5 Å². The highest BCUT2D eigenvalue weighted by Crippen LogP contribution is 2.26. The van der Waals surface area contributed by atoms with E-state index in [4.69, 9.17) is 11.6 Å². The third kappa shape index (κ3) is 1.79. The molecule has 0 aliphatic carbocycles. The molecule has 0 aromatic heterocycles. The molecule has 0 radical (unpaired) electrons. The van der Waals surface area contributed by atoms with Crippen LogP contribution in [0.25, 0.3) is 0 Å². The van der Waals surface area contributed by atoms with Gasteiger partial charge in [-0.1, -0.05) is 18.2 Å². The van der Waals surface area contributed by atoms with Crippen molar-refractivity contribution in [1.82, 2.24) is 0 Å². The molecule has 1 aromatic carbocycles. The molecule has 3 nitrogen and oxygen atoms in total. The second-order valence-electron chi connectivity index (χ2n) is 3.44. The summed E-state index contributed by atoms with van der Waals surface area (Å²) in [6, 6.07) is 6.22. The molecule has 1 aliphatic heterocycles. The number of benzene rings is 1. The highest BCUT2D eigenvalue weighted by atomic mass is 35.5. The monoisotopic (exact) mass is 244 g/mol. The molecule has 0 bridgehead atoms. The van der Waals surface area contributed by atoms with Crippen LogP contribution in [0.1, 0.15) is 16.8 Å². The number of sulfone groups is 1. The zero-order valence-electron chi connectivity index (χ0n) is 7.81. The van der Waals surface area contributed by atoms with E-state index in [0.717, 1.165) is 0 Å². The van der Waals surface area contributed by atoms with E-state index in [1.807, 2.05) is 0 Å². The summed E-state index contributed by atoms with van der Waals surface area (Å²) in [5, 5.41) is -0.733. The Balaban J connectivity index is 2.71. The van der Waals surface area contributed by atoms with Crippen LogP contribution in [0.2, 0.25) is 0 Å². The third-order valence-electron chi connectivity index (χ3n) is 2.41. The molecule has 0 spiro atoms. The maximum absolute atomic E-state index is 11.8. The van der Waals surface area contributed by atoms with Crippen LogP contribution in [0.3, 0.4) is 0 Å². The first-order chi connectivity index (χ1) is 7.02. The van der Waals surface area contributed by atoms with Gasteiger partial charge in [0.05, 0.1) is 16.0 Å². The average molecular weight is 245 g/mol. The lowest BCUT2D eigenvalue weighted by molar-refractivity contribution is 0.0984. The lowest BCUT2D eigenvalue weighted by atomic mass is 10.1. The smallest absolute Gasteiger partial charge is 0.182 e. The van der Waals surface area contributed by atoms with Crippen molar-refractivity contribution in [2.75, 3.05) is 5.75 Å². The van der Waals surface area contributed by atoms with E-state index in [0.29, 0.717) is 0 Å². The fourth-order valence-corrected chi connectivity index (χ4v) is 3.52. The Labute approximate surface area is 93.0 Å². The summed E-state index contributed by atoms with van der Waals surface area (Å²) in [7, 11) is -3.35. The Bertz CT molecular complexity index is 507. The van der Waals surface area contributed by atoms with Gasteiger partial charge in [-0.25, -0.2) is 8.42 Å². The molecule has 80 valence electrons. The number of carbonyl (C=O) groups excluding carboxylic acids is 1. The Hall–Kier alpha value is -0.870. The van der Waals surface area contributed by atoms with Crippen LogP contribution in [-0.4, -0.2) is 25.3 Å². The summed E-state index contributed by atoms with van der Waals surface area (Å²) in [6.07, 6.45) is 0.178. The van der Waals surface area contributed by atoms with E-state index in [-0.39, 0.29) is 28.4 Å². The van der Waals surface area contributed by atoms with Crippen molar-refractivity contribution >= 4 is 27.2 Å². The van der Waals surface area contributed by atoms with Crippen LogP contribution < -0.4 is 0 Å². The van der Waals surface area contributed by atoms with Crippen LogP contribution >= 0.6 is 11.6 Å². The standard InChI is InChI=1S/C10H9ClO3S/c11-8-5-6-15(13,14)9-4-2-1-3-7(9)10(8)12/h1-4,8H,5-6H2. The zero-order valence-corrected chi connectivity index (χ0v) is 9.38. The molecule has 0 amide bonds. The van der Waals surface area contributed by atoms with E-state index in [2.05, 4.69) is 0 Å². The molecule has 1 heterocycles. The van der Waals surface area contributed by atoms with Gasteiger partial charge in [0.2, 0.25) is 0 Å². The molecule has 0 fully saturated rings. The maximum Gasteiger partial charge on any atom is 0.182 e. The summed E-state index contributed by atoms with van der Waals surface area (Å²) in [4.78, 5) is 11.8. The lowest BCUT2D eigenvalue weighted by Crippen LogP contribution is -2.13. The highest BCUT2D eigenvalue weighted by Gasteiger charge is 2.31. The predicted molar refractivity (Wildman–Crippen MR) is 57.1 cm³/mol. The van der Waals surface area contributed by atoms with Crippen molar-refractivity contribution in [2.45, 2.75) is 16.7 Å². The van der Waals surface area contributed by atoms with Crippen molar-refractivity contribution in [3.8, 4) is 0 Å². The molecule has 1 aromatic rings. The van der Waals surface area contributed by atoms with Gasteiger partial charge in [0.15, 0.2) is 15.6 Å². The third-order valence-corrected chi connectivity index (χ3v) is 4.63. The largest absolute Gasteiger partial charge is 0.292 e. The number of Topliss-reactive ketones (excluding diaryl/α,β-unsaturated/α-hetero) is 1. The van der Waals surface area contributed by atoms with Crippen molar-refractivity contribution in [3.63, 3.8) is 0 Å². The van der Waals surface area contributed by atoms with Gasteiger partial charge >= 0.3 is 0 Å². The number of halogens is 1.